The van der Waals surface area contributed by atoms with Crippen molar-refractivity contribution in [3.8, 4) is 0 Å². The first-order valence-corrected chi connectivity index (χ1v) is 4.71. The number of hydrogen-bond donors (Lipinski definition) is 2. The quantitative estimate of drug-likeness (QED) is 0.619. The van der Waals surface area contributed by atoms with Gasteiger partial charge in [0.15, 0.2) is 0 Å². The smallest absolute Gasteiger partial charge is 0.224 e. The molecule has 1 aliphatic rings. The molecule has 0 unspecified atom stereocenters. The molecule has 0 aromatic heterocycles. The highest BCUT2D eigenvalue weighted by Crippen LogP contribution is 2.12. The van der Waals surface area contributed by atoms with Gasteiger partial charge in [-0.15, -0.1) is 0 Å². The molecule has 1 saturated heterocycles. The van der Waals surface area contributed by atoms with Crippen LogP contribution in [0.15, 0.2) is 0 Å². The fraction of sp³-hybridized carbons (Fsp3) is 0.889. The van der Waals surface area contributed by atoms with E-state index < -0.39 is 5.54 Å². The molecule has 1 heterocycles. The standard InChI is InChI=1S/C9H19N3O/c1-9(2,11)5-8(13)12-4-3-7(10)6-12/h7H,3-6,10-11H2,1-2H3/t7-/m1/s1. The SMILES string of the molecule is CC(C)(N)CC(=O)N1CC[C@@H](N)C1. The van der Waals surface area contributed by atoms with Gasteiger partial charge in [-0.3, -0.25) is 4.79 Å². The van der Waals surface area contributed by atoms with Gasteiger partial charge >= 0.3 is 0 Å². The van der Waals surface area contributed by atoms with Gasteiger partial charge in [0.25, 0.3) is 0 Å². The molecule has 4 N–H and O–H groups in total. The minimum atomic E-state index is -0.413. The summed E-state index contributed by atoms with van der Waals surface area (Å²) in [6, 6.07) is 0.157. The van der Waals surface area contributed by atoms with Crippen molar-refractivity contribution in [1.29, 1.82) is 0 Å². The first-order valence-electron chi connectivity index (χ1n) is 4.71. The number of rotatable bonds is 2. The van der Waals surface area contributed by atoms with Crippen molar-refractivity contribution in [3.63, 3.8) is 0 Å². The van der Waals surface area contributed by atoms with Gasteiger partial charge < -0.3 is 16.4 Å². The summed E-state index contributed by atoms with van der Waals surface area (Å²) in [5, 5.41) is 0. The molecule has 0 aromatic rings. The Kier molecular flexibility index (Phi) is 2.93. The summed E-state index contributed by atoms with van der Waals surface area (Å²) in [6.07, 6.45) is 1.32. The maximum Gasteiger partial charge on any atom is 0.224 e. The number of likely N-dealkylation sites (tertiary alicyclic amines) is 1. The van der Waals surface area contributed by atoms with Crippen LogP contribution in [0.25, 0.3) is 0 Å². The highest BCUT2D eigenvalue weighted by Gasteiger charge is 2.26. The zero-order chi connectivity index (χ0) is 10.1. The fourth-order valence-electron chi connectivity index (χ4n) is 1.52. The van der Waals surface area contributed by atoms with E-state index in [0.717, 1.165) is 13.0 Å². The molecule has 1 amide bonds. The number of nitrogens with zero attached hydrogens (tertiary/aromatic N) is 1. The van der Waals surface area contributed by atoms with Crippen molar-refractivity contribution in [3.05, 3.63) is 0 Å². The van der Waals surface area contributed by atoms with Crippen molar-refractivity contribution in [2.24, 2.45) is 11.5 Å². The van der Waals surface area contributed by atoms with E-state index in [9.17, 15) is 4.79 Å². The lowest BCUT2D eigenvalue weighted by Gasteiger charge is -2.22. The summed E-state index contributed by atoms with van der Waals surface area (Å²) in [6.45, 7) is 5.20. The van der Waals surface area contributed by atoms with E-state index in [-0.39, 0.29) is 11.9 Å². The van der Waals surface area contributed by atoms with Crippen LogP contribution in [-0.2, 0) is 4.79 Å². The van der Waals surface area contributed by atoms with Crippen LogP contribution in [0.5, 0.6) is 0 Å². The minimum Gasteiger partial charge on any atom is -0.341 e. The number of carbonyl (C=O) groups is 1. The molecule has 1 aliphatic heterocycles. The van der Waals surface area contributed by atoms with E-state index in [0.29, 0.717) is 13.0 Å². The van der Waals surface area contributed by atoms with Crippen LogP contribution in [0, 0.1) is 0 Å². The predicted octanol–water partition coefficient (Wildman–Crippen LogP) is -0.327. The van der Waals surface area contributed by atoms with E-state index in [1.165, 1.54) is 0 Å². The number of hydrogen-bond acceptors (Lipinski definition) is 3. The number of nitrogens with two attached hydrogens (primary N) is 2. The molecule has 0 spiro atoms. The molecule has 0 aliphatic carbocycles. The Morgan fingerprint density at radius 2 is 2.23 bits per heavy atom. The molecule has 0 radical (unpaired) electrons. The lowest BCUT2D eigenvalue weighted by molar-refractivity contribution is -0.131. The molecule has 4 nitrogen and oxygen atoms in total. The second-order valence-corrected chi connectivity index (χ2v) is 4.55. The molecule has 1 rings (SSSR count). The van der Waals surface area contributed by atoms with Crippen LogP contribution >= 0.6 is 0 Å². The Balaban J connectivity index is 2.41. The lowest BCUT2D eigenvalue weighted by Crippen LogP contribution is -2.41. The van der Waals surface area contributed by atoms with Crippen LogP contribution in [0.3, 0.4) is 0 Å². The van der Waals surface area contributed by atoms with Gasteiger partial charge in [-0.1, -0.05) is 0 Å². The van der Waals surface area contributed by atoms with Crippen molar-refractivity contribution >= 4 is 5.91 Å². The van der Waals surface area contributed by atoms with Gasteiger partial charge in [-0.2, -0.15) is 0 Å². The third-order valence-corrected chi connectivity index (χ3v) is 2.18. The van der Waals surface area contributed by atoms with Crippen LogP contribution in [-0.4, -0.2) is 35.5 Å². The summed E-state index contributed by atoms with van der Waals surface area (Å²) in [5.41, 5.74) is 11.0. The summed E-state index contributed by atoms with van der Waals surface area (Å²) in [5.74, 6) is 0.125. The molecule has 0 bridgehead atoms. The normalized spacial score (nSPS) is 23.7. The molecule has 1 fully saturated rings. The second-order valence-electron chi connectivity index (χ2n) is 4.55. The number of amides is 1. The van der Waals surface area contributed by atoms with Crippen molar-refractivity contribution in [2.45, 2.75) is 38.3 Å². The summed E-state index contributed by atoms with van der Waals surface area (Å²) >= 11 is 0. The average molecular weight is 185 g/mol. The van der Waals surface area contributed by atoms with Crippen LogP contribution in [0.1, 0.15) is 26.7 Å². The highest BCUT2D eigenvalue weighted by molar-refractivity contribution is 5.77. The van der Waals surface area contributed by atoms with Crippen LogP contribution in [0.2, 0.25) is 0 Å². The molecule has 0 aromatic carbocycles. The Labute approximate surface area is 79.3 Å². The highest BCUT2D eigenvalue weighted by atomic mass is 16.2. The molecule has 0 saturated carbocycles. The Bertz CT molecular complexity index is 198. The van der Waals surface area contributed by atoms with Crippen LogP contribution < -0.4 is 11.5 Å². The van der Waals surface area contributed by atoms with Gasteiger partial charge in [0.05, 0.1) is 0 Å². The zero-order valence-corrected chi connectivity index (χ0v) is 8.42. The van der Waals surface area contributed by atoms with Gasteiger partial charge in [0, 0.05) is 31.1 Å². The molecule has 1 atom stereocenters. The summed E-state index contributed by atoms with van der Waals surface area (Å²) in [7, 11) is 0. The summed E-state index contributed by atoms with van der Waals surface area (Å²) in [4.78, 5) is 13.4. The fourth-order valence-corrected chi connectivity index (χ4v) is 1.52. The van der Waals surface area contributed by atoms with Gasteiger partial charge in [-0.05, 0) is 20.3 Å². The molecular formula is C9H19N3O. The summed E-state index contributed by atoms with van der Waals surface area (Å²) < 4.78 is 0. The van der Waals surface area contributed by atoms with Crippen LogP contribution in [0.4, 0.5) is 0 Å². The topological polar surface area (TPSA) is 72.4 Å². The Hall–Kier alpha value is -0.610. The maximum atomic E-state index is 11.6. The van der Waals surface area contributed by atoms with E-state index in [1.807, 2.05) is 13.8 Å². The first kappa shape index (κ1) is 10.5. The predicted molar refractivity (Wildman–Crippen MR) is 52.1 cm³/mol. The second kappa shape index (κ2) is 3.64. The van der Waals surface area contributed by atoms with E-state index >= 15 is 0 Å². The lowest BCUT2D eigenvalue weighted by atomic mass is 10.0. The third kappa shape index (κ3) is 3.32. The van der Waals surface area contributed by atoms with Gasteiger partial charge in [0.1, 0.15) is 0 Å². The minimum absolute atomic E-state index is 0.125. The third-order valence-electron chi connectivity index (χ3n) is 2.18. The largest absolute Gasteiger partial charge is 0.341 e. The van der Waals surface area contributed by atoms with Crippen molar-refractivity contribution < 1.29 is 4.79 Å². The van der Waals surface area contributed by atoms with Gasteiger partial charge in [0.2, 0.25) is 5.91 Å². The van der Waals surface area contributed by atoms with Gasteiger partial charge in [-0.25, -0.2) is 0 Å². The van der Waals surface area contributed by atoms with E-state index in [1.54, 1.807) is 4.90 Å². The zero-order valence-electron chi connectivity index (χ0n) is 8.42. The van der Waals surface area contributed by atoms with E-state index in [4.69, 9.17) is 11.5 Å². The monoisotopic (exact) mass is 185 g/mol. The molecule has 13 heavy (non-hydrogen) atoms. The molecule has 76 valence electrons. The van der Waals surface area contributed by atoms with E-state index in [2.05, 4.69) is 0 Å². The number of carbonyl (C=O) groups excluding carboxylic acids is 1. The average Bonchev–Trinajstić information content (AvgIpc) is 2.31. The molecular weight excluding hydrogens is 166 g/mol. The first-order chi connectivity index (χ1) is 5.88. The van der Waals surface area contributed by atoms with Crippen molar-refractivity contribution in [1.82, 2.24) is 4.90 Å². The maximum absolute atomic E-state index is 11.6. The Morgan fingerprint density at radius 1 is 1.62 bits per heavy atom. The Morgan fingerprint density at radius 3 is 2.62 bits per heavy atom. The van der Waals surface area contributed by atoms with Crippen molar-refractivity contribution in [2.75, 3.05) is 13.1 Å². The molecule has 4 heteroatoms.